The van der Waals surface area contributed by atoms with Crippen LogP contribution in [0.25, 0.3) is 0 Å². The Morgan fingerprint density at radius 3 is 2.55 bits per heavy atom. The van der Waals surface area contributed by atoms with Gasteiger partial charge in [0.25, 0.3) is 5.91 Å². The van der Waals surface area contributed by atoms with Crippen molar-refractivity contribution in [3.05, 3.63) is 60.8 Å². The Morgan fingerprint density at radius 1 is 1.26 bits per heavy atom. The third kappa shape index (κ3) is 6.91. The van der Waals surface area contributed by atoms with Crippen LogP contribution in [0.4, 0.5) is 0 Å². The maximum atomic E-state index is 14.2. The van der Waals surface area contributed by atoms with E-state index in [1.807, 2.05) is 38.4 Å². The van der Waals surface area contributed by atoms with Crippen molar-refractivity contribution in [2.24, 2.45) is 10.9 Å². The minimum absolute atomic E-state index is 0.0197. The number of hydrogen-bond acceptors (Lipinski definition) is 10. The van der Waals surface area contributed by atoms with Crippen LogP contribution in [0.5, 0.6) is 0 Å². The summed E-state index contributed by atoms with van der Waals surface area (Å²) in [5.74, 6) is -0.677. The van der Waals surface area contributed by atoms with Crippen molar-refractivity contribution < 1.29 is 23.9 Å². The second-order valence-corrected chi connectivity index (χ2v) is 12.4. The Morgan fingerprint density at radius 2 is 1.98 bits per heavy atom. The molecule has 1 aromatic heterocycles. The molecule has 2 N–H and O–H groups in total. The molecule has 13 nitrogen and oxygen atoms in total. The SMILES string of the molecule is CO[C@@H]1[C@H]([C@@H](CC#N)[P+](=O)N(C(C)C)C(C)C)[C@H](Cn2cncn2)O[C@H]1N1C=CC(NC(=O)c2ccccc2)=N[C@H]1O. The number of carbonyl (C=O) groups excluding carboxylic acids is 1. The molecule has 2 aromatic rings. The predicted molar refractivity (Wildman–Crippen MR) is 155 cm³/mol. The number of methoxy groups -OCH3 is 1. The largest absolute Gasteiger partial charge is 0.440 e. The van der Waals surface area contributed by atoms with Crippen molar-refractivity contribution in [1.82, 2.24) is 29.7 Å². The monoisotopic (exact) mass is 597 g/mol. The molecule has 42 heavy (non-hydrogen) atoms. The number of rotatable bonds is 11. The van der Waals surface area contributed by atoms with Gasteiger partial charge < -0.3 is 24.8 Å². The van der Waals surface area contributed by atoms with Gasteiger partial charge in [-0.1, -0.05) is 22.9 Å². The molecule has 0 aliphatic carbocycles. The zero-order valence-corrected chi connectivity index (χ0v) is 25.3. The Balaban J connectivity index is 1.62. The molecule has 3 heterocycles. The summed E-state index contributed by atoms with van der Waals surface area (Å²) in [6.45, 7) is 8.18. The molecule has 1 aromatic carbocycles. The quantitative estimate of drug-likeness (QED) is 0.369. The Hall–Kier alpha value is -3.53. The van der Waals surface area contributed by atoms with Gasteiger partial charge >= 0.3 is 7.95 Å². The number of nitrogens with zero attached hydrogens (tertiary/aromatic N) is 7. The van der Waals surface area contributed by atoms with Gasteiger partial charge in [0.2, 0.25) is 6.35 Å². The van der Waals surface area contributed by atoms with E-state index in [0.717, 1.165) is 0 Å². The maximum absolute atomic E-state index is 14.2. The predicted octanol–water partition coefficient (Wildman–Crippen LogP) is 2.71. The zero-order valence-electron chi connectivity index (χ0n) is 24.4. The first-order chi connectivity index (χ1) is 20.2. The molecule has 1 unspecified atom stereocenters. The number of amides is 1. The van der Waals surface area contributed by atoms with Crippen LogP contribution in [0, 0.1) is 17.2 Å². The van der Waals surface area contributed by atoms with Gasteiger partial charge in [0.1, 0.15) is 24.6 Å². The van der Waals surface area contributed by atoms with Gasteiger partial charge in [-0.05, 0) is 50.5 Å². The first-order valence-corrected chi connectivity index (χ1v) is 15.1. The van der Waals surface area contributed by atoms with E-state index in [2.05, 4.69) is 26.5 Å². The minimum Gasteiger partial charge on any atom is -0.376 e. The summed E-state index contributed by atoms with van der Waals surface area (Å²) in [6, 6.07) is 10.9. The van der Waals surface area contributed by atoms with Crippen LogP contribution >= 0.6 is 7.95 Å². The molecule has 4 rings (SSSR count). The van der Waals surface area contributed by atoms with E-state index in [1.54, 1.807) is 47.6 Å². The molecule has 0 radical (unpaired) electrons. The van der Waals surface area contributed by atoms with Crippen LogP contribution in [-0.2, 0) is 20.6 Å². The number of nitriles is 1. The molecule has 1 amide bonds. The third-order valence-corrected chi connectivity index (χ3v) is 9.79. The van der Waals surface area contributed by atoms with E-state index in [1.165, 1.54) is 18.3 Å². The van der Waals surface area contributed by atoms with Gasteiger partial charge in [-0.15, -0.1) is 0 Å². The summed E-state index contributed by atoms with van der Waals surface area (Å²) in [7, 11) is -0.503. The molecule has 0 spiro atoms. The molecular formula is C28H38N8O5P+. The Bertz CT molecular complexity index is 1310. The normalized spacial score (nSPS) is 25.0. The van der Waals surface area contributed by atoms with Gasteiger partial charge in [-0.25, -0.2) is 9.98 Å². The van der Waals surface area contributed by atoms with Crippen molar-refractivity contribution in [2.45, 2.75) is 83.2 Å². The van der Waals surface area contributed by atoms with E-state index in [9.17, 15) is 19.7 Å². The number of aliphatic imine (C=N–C) groups is 1. The number of carbonyl (C=O) groups is 1. The summed E-state index contributed by atoms with van der Waals surface area (Å²) < 4.78 is 30.2. The summed E-state index contributed by atoms with van der Waals surface area (Å²) in [5, 5.41) is 27.8. The molecule has 1 saturated heterocycles. The molecular weight excluding hydrogens is 559 g/mol. The number of aromatic nitrogens is 3. The fourth-order valence-corrected chi connectivity index (χ4v) is 7.77. The van der Waals surface area contributed by atoms with Gasteiger partial charge in [0.05, 0.1) is 31.1 Å². The lowest BCUT2D eigenvalue weighted by Crippen LogP contribution is -2.49. The number of nitrogens with one attached hydrogen (secondary N) is 1. The molecule has 2 aliphatic rings. The first-order valence-electron chi connectivity index (χ1n) is 13.9. The van der Waals surface area contributed by atoms with Crippen LogP contribution in [0.3, 0.4) is 0 Å². The standard InChI is InChI=1S/C28H37N8O5P/c1-18(2)36(19(3)4)42(39)22(11-13-29)24-21(15-34-17-30-16-31-34)41-27(25(24)40-5)35-14-12-23(33-28(35)38)32-26(37)20-9-7-6-8-10-20/h6-10,12,14,16-19,21-22,24-25,27-28,38H,11,15H2,1-5H3/p+1/t21-,22+,24-,25+,27+,28+/m0/s1. The number of aliphatic hydroxyl groups excluding tert-OH is 1. The van der Waals surface area contributed by atoms with E-state index < -0.39 is 44.3 Å². The highest BCUT2D eigenvalue weighted by Gasteiger charge is 2.58. The van der Waals surface area contributed by atoms with Crippen LogP contribution in [0.15, 0.2) is 60.3 Å². The lowest BCUT2D eigenvalue weighted by molar-refractivity contribution is -0.132. The highest BCUT2D eigenvalue weighted by molar-refractivity contribution is 7.43. The summed E-state index contributed by atoms with van der Waals surface area (Å²) in [5.41, 5.74) is -0.147. The molecule has 224 valence electrons. The molecule has 1 fully saturated rings. The summed E-state index contributed by atoms with van der Waals surface area (Å²) in [6.07, 6.45) is 2.63. The number of aliphatic hydroxyl groups is 1. The topological polar surface area (TPSA) is 158 Å². The number of hydrogen-bond donors (Lipinski definition) is 2. The van der Waals surface area contributed by atoms with Crippen LogP contribution < -0.4 is 5.32 Å². The molecule has 7 atom stereocenters. The van der Waals surface area contributed by atoms with Crippen molar-refractivity contribution in [3.8, 4) is 6.07 Å². The summed E-state index contributed by atoms with van der Waals surface area (Å²) in [4.78, 5) is 22.4. The van der Waals surface area contributed by atoms with Crippen molar-refractivity contribution in [3.63, 3.8) is 0 Å². The zero-order chi connectivity index (χ0) is 30.4. The first kappa shape index (κ1) is 31.4. The Kier molecular flexibility index (Phi) is 10.5. The van der Waals surface area contributed by atoms with E-state index >= 15 is 0 Å². The molecule has 0 bridgehead atoms. The Labute approximate surface area is 246 Å². The van der Waals surface area contributed by atoms with Crippen molar-refractivity contribution in [1.29, 1.82) is 5.26 Å². The van der Waals surface area contributed by atoms with Gasteiger partial charge in [-0.3, -0.25) is 9.48 Å². The molecule has 0 saturated carbocycles. The summed E-state index contributed by atoms with van der Waals surface area (Å²) >= 11 is 0. The van der Waals surface area contributed by atoms with Gasteiger partial charge in [-0.2, -0.15) is 10.4 Å². The van der Waals surface area contributed by atoms with Crippen LogP contribution in [-0.4, -0.2) is 90.8 Å². The van der Waals surface area contributed by atoms with E-state index in [0.29, 0.717) is 5.56 Å². The second-order valence-electron chi connectivity index (χ2n) is 10.7. The average Bonchev–Trinajstić information content (AvgIpc) is 3.59. The number of benzene rings is 1. The van der Waals surface area contributed by atoms with Gasteiger partial charge in [0, 0.05) is 31.0 Å². The lowest BCUT2D eigenvalue weighted by Gasteiger charge is -2.35. The maximum Gasteiger partial charge on any atom is 0.440 e. The van der Waals surface area contributed by atoms with E-state index in [-0.39, 0.29) is 36.8 Å². The van der Waals surface area contributed by atoms with Crippen LogP contribution in [0.1, 0.15) is 44.5 Å². The third-order valence-electron chi connectivity index (χ3n) is 7.32. The van der Waals surface area contributed by atoms with E-state index in [4.69, 9.17) is 9.47 Å². The smallest absolute Gasteiger partial charge is 0.376 e. The van der Waals surface area contributed by atoms with Crippen molar-refractivity contribution >= 4 is 19.7 Å². The highest BCUT2D eigenvalue weighted by Crippen LogP contribution is 2.49. The highest BCUT2D eigenvalue weighted by atomic mass is 31.1. The molecule has 14 heteroatoms. The fourth-order valence-electron chi connectivity index (χ4n) is 5.62. The number of amidine groups is 1. The number of ether oxygens (including phenoxy) is 2. The average molecular weight is 598 g/mol. The van der Waals surface area contributed by atoms with Crippen LogP contribution in [0.2, 0.25) is 0 Å². The van der Waals surface area contributed by atoms with Crippen molar-refractivity contribution in [2.75, 3.05) is 7.11 Å². The van der Waals surface area contributed by atoms with Gasteiger partial charge in [0.15, 0.2) is 11.9 Å². The lowest BCUT2D eigenvalue weighted by atomic mass is 9.91. The minimum atomic E-state index is -2.03. The second kappa shape index (κ2) is 14.1. The molecule has 2 aliphatic heterocycles. The fraction of sp³-hybridized carbons (Fsp3) is 0.536.